The SMILES string of the molecule is O=C(Cn1ccnc(Cl)c1=O)Nc1cccc(F)c1. The number of anilines is 1. The number of benzene rings is 1. The summed E-state index contributed by atoms with van der Waals surface area (Å²) in [5.41, 5.74) is -0.239. The molecular weight excluding hydrogens is 273 g/mol. The van der Waals surface area contributed by atoms with E-state index in [-0.39, 0.29) is 11.7 Å². The molecule has 0 aliphatic carbocycles. The lowest BCUT2D eigenvalue weighted by atomic mass is 10.3. The maximum Gasteiger partial charge on any atom is 0.288 e. The summed E-state index contributed by atoms with van der Waals surface area (Å²) in [6.07, 6.45) is 2.67. The number of nitrogens with zero attached hydrogens (tertiary/aromatic N) is 2. The third-order valence-corrected chi connectivity index (χ3v) is 2.55. The second kappa shape index (κ2) is 5.62. The maximum absolute atomic E-state index is 12.9. The van der Waals surface area contributed by atoms with Gasteiger partial charge in [-0.15, -0.1) is 0 Å². The van der Waals surface area contributed by atoms with Gasteiger partial charge in [0.1, 0.15) is 12.4 Å². The molecule has 0 unspecified atom stereocenters. The van der Waals surface area contributed by atoms with Crippen LogP contribution >= 0.6 is 11.6 Å². The van der Waals surface area contributed by atoms with Crippen molar-refractivity contribution in [1.82, 2.24) is 9.55 Å². The van der Waals surface area contributed by atoms with E-state index in [0.29, 0.717) is 5.69 Å². The zero-order valence-electron chi connectivity index (χ0n) is 9.64. The fraction of sp³-hybridized carbons (Fsp3) is 0.0833. The Kier molecular flexibility index (Phi) is 3.91. The molecule has 1 aromatic carbocycles. The van der Waals surface area contributed by atoms with E-state index in [2.05, 4.69) is 10.3 Å². The number of hydrogen-bond acceptors (Lipinski definition) is 3. The van der Waals surface area contributed by atoms with Gasteiger partial charge >= 0.3 is 0 Å². The highest BCUT2D eigenvalue weighted by molar-refractivity contribution is 6.29. The van der Waals surface area contributed by atoms with Crippen LogP contribution in [0.3, 0.4) is 0 Å². The normalized spacial score (nSPS) is 10.2. The summed E-state index contributed by atoms with van der Waals surface area (Å²) in [6.45, 7) is -0.225. The molecule has 2 aromatic rings. The van der Waals surface area contributed by atoms with Crippen molar-refractivity contribution in [1.29, 1.82) is 0 Å². The van der Waals surface area contributed by atoms with Crippen molar-refractivity contribution in [2.24, 2.45) is 0 Å². The largest absolute Gasteiger partial charge is 0.324 e. The first kappa shape index (κ1) is 13.2. The van der Waals surface area contributed by atoms with Crippen molar-refractivity contribution in [2.75, 3.05) is 5.32 Å². The molecule has 0 aliphatic heterocycles. The number of carbonyl (C=O) groups is 1. The lowest BCUT2D eigenvalue weighted by Gasteiger charge is -2.07. The number of nitrogens with one attached hydrogen (secondary N) is 1. The first-order valence-electron chi connectivity index (χ1n) is 5.32. The molecule has 98 valence electrons. The Morgan fingerprint density at radius 3 is 3.00 bits per heavy atom. The van der Waals surface area contributed by atoms with Crippen molar-refractivity contribution >= 4 is 23.2 Å². The van der Waals surface area contributed by atoms with Gasteiger partial charge in [0.2, 0.25) is 5.91 Å². The Labute approximate surface area is 112 Å². The molecule has 19 heavy (non-hydrogen) atoms. The van der Waals surface area contributed by atoms with Gasteiger partial charge in [0.05, 0.1) is 0 Å². The predicted molar refractivity (Wildman–Crippen MR) is 68.5 cm³/mol. The molecule has 0 aliphatic rings. The number of rotatable bonds is 3. The molecule has 1 heterocycles. The van der Waals surface area contributed by atoms with E-state index in [4.69, 9.17) is 11.6 Å². The second-order valence-corrected chi connectivity index (χ2v) is 4.07. The highest BCUT2D eigenvalue weighted by atomic mass is 35.5. The Morgan fingerprint density at radius 1 is 1.47 bits per heavy atom. The average molecular weight is 282 g/mol. The van der Waals surface area contributed by atoms with E-state index in [1.165, 1.54) is 30.6 Å². The van der Waals surface area contributed by atoms with E-state index in [1.807, 2.05) is 0 Å². The van der Waals surface area contributed by atoms with Crippen LogP contribution in [0.1, 0.15) is 0 Å². The third-order valence-electron chi connectivity index (χ3n) is 2.29. The van der Waals surface area contributed by atoms with Crippen LogP contribution in [0.25, 0.3) is 0 Å². The lowest BCUT2D eigenvalue weighted by molar-refractivity contribution is -0.116. The molecule has 0 spiro atoms. The van der Waals surface area contributed by atoms with Crippen LogP contribution in [0.2, 0.25) is 5.15 Å². The van der Waals surface area contributed by atoms with Gasteiger partial charge in [-0.25, -0.2) is 9.37 Å². The first-order valence-corrected chi connectivity index (χ1v) is 5.70. The molecule has 0 bridgehead atoms. The van der Waals surface area contributed by atoms with E-state index in [9.17, 15) is 14.0 Å². The van der Waals surface area contributed by atoms with Crippen LogP contribution in [0, 0.1) is 5.82 Å². The fourth-order valence-electron chi connectivity index (χ4n) is 1.47. The number of hydrogen-bond donors (Lipinski definition) is 1. The summed E-state index contributed by atoms with van der Waals surface area (Å²) < 4.78 is 14.0. The molecular formula is C12H9ClFN3O2. The summed E-state index contributed by atoms with van der Waals surface area (Å²) in [4.78, 5) is 26.8. The van der Waals surface area contributed by atoms with E-state index >= 15 is 0 Å². The summed E-state index contributed by atoms with van der Waals surface area (Å²) in [5, 5.41) is 2.27. The van der Waals surface area contributed by atoms with Gasteiger partial charge in [-0.05, 0) is 18.2 Å². The molecule has 2 rings (SSSR count). The van der Waals surface area contributed by atoms with Crippen LogP contribution in [0.5, 0.6) is 0 Å². The standard InChI is InChI=1S/C12H9ClFN3O2/c13-11-12(19)17(5-4-15-11)7-10(18)16-9-3-1-2-8(14)6-9/h1-6H,7H2,(H,16,18). The van der Waals surface area contributed by atoms with Gasteiger partial charge in [-0.1, -0.05) is 17.7 Å². The van der Waals surface area contributed by atoms with Crippen LogP contribution in [0.4, 0.5) is 10.1 Å². The van der Waals surface area contributed by atoms with Crippen molar-refractivity contribution in [3.63, 3.8) is 0 Å². The summed E-state index contributed by atoms with van der Waals surface area (Å²) in [5.74, 6) is -0.920. The molecule has 0 radical (unpaired) electrons. The van der Waals surface area contributed by atoms with E-state index in [0.717, 1.165) is 4.57 Å². The molecule has 1 amide bonds. The van der Waals surface area contributed by atoms with Crippen molar-refractivity contribution in [2.45, 2.75) is 6.54 Å². The molecule has 0 atom stereocenters. The van der Waals surface area contributed by atoms with Crippen LogP contribution < -0.4 is 10.9 Å². The van der Waals surface area contributed by atoms with Crippen molar-refractivity contribution in [3.8, 4) is 0 Å². The van der Waals surface area contributed by atoms with Gasteiger partial charge in [0.15, 0.2) is 5.15 Å². The number of halogens is 2. The van der Waals surface area contributed by atoms with Crippen LogP contribution in [-0.2, 0) is 11.3 Å². The minimum absolute atomic E-state index is 0.207. The number of carbonyl (C=O) groups excluding carboxylic acids is 1. The smallest absolute Gasteiger partial charge is 0.288 e. The van der Waals surface area contributed by atoms with Gasteiger partial charge in [0.25, 0.3) is 5.56 Å². The highest BCUT2D eigenvalue weighted by Gasteiger charge is 2.07. The molecule has 0 fully saturated rings. The van der Waals surface area contributed by atoms with Gasteiger partial charge in [0, 0.05) is 18.1 Å². The van der Waals surface area contributed by atoms with Crippen molar-refractivity contribution < 1.29 is 9.18 Å². The molecule has 1 N–H and O–H groups in total. The zero-order valence-corrected chi connectivity index (χ0v) is 10.4. The average Bonchev–Trinajstić information content (AvgIpc) is 2.35. The Hall–Kier alpha value is -2.21. The first-order chi connectivity index (χ1) is 9.06. The lowest BCUT2D eigenvalue weighted by Crippen LogP contribution is -2.27. The topological polar surface area (TPSA) is 64.0 Å². The minimum atomic E-state index is -0.557. The minimum Gasteiger partial charge on any atom is -0.324 e. The van der Waals surface area contributed by atoms with Gasteiger partial charge in [-0.3, -0.25) is 9.59 Å². The molecule has 1 aromatic heterocycles. The van der Waals surface area contributed by atoms with Gasteiger partial charge in [-0.2, -0.15) is 0 Å². The summed E-state index contributed by atoms with van der Waals surface area (Å²) >= 11 is 5.55. The summed E-state index contributed by atoms with van der Waals surface area (Å²) in [6, 6.07) is 5.46. The third kappa shape index (κ3) is 3.38. The van der Waals surface area contributed by atoms with E-state index < -0.39 is 17.3 Å². The Bertz CT molecular complexity index is 672. The van der Waals surface area contributed by atoms with Crippen LogP contribution in [0.15, 0.2) is 41.5 Å². The monoisotopic (exact) mass is 281 g/mol. The Morgan fingerprint density at radius 2 is 2.26 bits per heavy atom. The predicted octanol–water partition coefficient (Wildman–Crippen LogP) is 1.67. The maximum atomic E-state index is 12.9. The van der Waals surface area contributed by atoms with Crippen LogP contribution in [-0.4, -0.2) is 15.5 Å². The highest BCUT2D eigenvalue weighted by Crippen LogP contribution is 2.08. The van der Waals surface area contributed by atoms with Crippen molar-refractivity contribution in [3.05, 3.63) is 58.0 Å². The quantitative estimate of drug-likeness (QED) is 0.931. The number of aromatic nitrogens is 2. The van der Waals surface area contributed by atoms with E-state index in [1.54, 1.807) is 6.07 Å². The fourth-order valence-corrected chi connectivity index (χ4v) is 1.63. The zero-order chi connectivity index (χ0) is 13.8. The molecule has 0 saturated carbocycles. The van der Waals surface area contributed by atoms with Gasteiger partial charge < -0.3 is 9.88 Å². The second-order valence-electron chi connectivity index (χ2n) is 3.71. The molecule has 5 nitrogen and oxygen atoms in total. The molecule has 7 heteroatoms. The Balaban J connectivity index is 2.10. The summed E-state index contributed by atoms with van der Waals surface area (Å²) in [7, 11) is 0. The molecule has 0 saturated heterocycles. The number of amides is 1.